The number of nitrogens with zero attached hydrogens (tertiary/aromatic N) is 2. The molecule has 3 heteroatoms. The fourth-order valence-corrected chi connectivity index (χ4v) is 1.84. The van der Waals surface area contributed by atoms with Crippen molar-refractivity contribution in [3.8, 4) is 0 Å². The van der Waals surface area contributed by atoms with Crippen LogP contribution in [0.1, 0.15) is 32.3 Å². The maximum atomic E-state index is 4.15. The molecule has 1 aromatic rings. The standard InChI is InChI=1S/C11H19N3/c1-11(2,10-4-5-10)12-6-9-7-13-14(3)8-9/h7-8,10,12H,4-6H2,1-3H3. The van der Waals surface area contributed by atoms with Gasteiger partial charge >= 0.3 is 0 Å². The molecule has 0 unspecified atom stereocenters. The van der Waals surface area contributed by atoms with Crippen LogP contribution < -0.4 is 5.32 Å². The first kappa shape index (κ1) is 9.71. The van der Waals surface area contributed by atoms with E-state index in [4.69, 9.17) is 0 Å². The van der Waals surface area contributed by atoms with Gasteiger partial charge in [-0.05, 0) is 32.6 Å². The zero-order chi connectivity index (χ0) is 10.2. The lowest BCUT2D eigenvalue weighted by atomic mass is 9.98. The average molecular weight is 193 g/mol. The van der Waals surface area contributed by atoms with Crippen LogP contribution >= 0.6 is 0 Å². The number of nitrogens with one attached hydrogen (secondary N) is 1. The van der Waals surface area contributed by atoms with E-state index in [1.165, 1.54) is 18.4 Å². The highest BCUT2D eigenvalue weighted by Gasteiger charge is 2.37. The molecule has 0 bridgehead atoms. The first-order chi connectivity index (χ1) is 6.58. The Balaban J connectivity index is 1.87. The maximum Gasteiger partial charge on any atom is 0.0534 e. The van der Waals surface area contributed by atoms with Crippen LogP contribution in [-0.4, -0.2) is 15.3 Å². The molecule has 1 saturated carbocycles. The predicted molar refractivity (Wildman–Crippen MR) is 56.9 cm³/mol. The number of aromatic nitrogens is 2. The van der Waals surface area contributed by atoms with Crippen molar-refractivity contribution in [2.45, 2.75) is 38.8 Å². The average Bonchev–Trinajstić information content (AvgIpc) is 2.89. The molecule has 2 rings (SSSR count). The molecular weight excluding hydrogens is 174 g/mol. The monoisotopic (exact) mass is 193 g/mol. The number of hydrogen-bond donors (Lipinski definition) is 1. The molecule has 0 aliphatic heterocycles. The number of hydrogen-bond acceptors (Lipinski definition) is 2. The smallest absolute Gasteiger partial charge is 0.0534 e. The molecule has 1 aromatic heterocycles. The Morgan fingerprint density at radius 1 is 1.57 bits per heavy atom. The van der Waals surface area contributed by atoms with Gasteiger partial charge in [0.25, 0.3) is 0 Å². The van der Waals surface area contributed by atoms with Crippen molar-refractivity contribution in [3.05, 3.63) is 18.0 Å². The van der Waals surface area contributed by atoms with Crippen molar-refractivity contribution in [2.75, 3.05) is 0 Å². The van der Waals surface area contributed by atoms with Gasteiger partial charge in [-0.3, -0.25) is 4.68 Å². The van der Waals surface area contributed by atoms with Gasteiger partial charge in [0.05, 0.1) is 6.20 Å². The van der Waals surface area contributed by atoms with E-state index in [1.54, 1.807) is 0 Å². The van der Waals surface area contributed by atoms with Gasteiger partial charge in [0.15, 0.2) is 0 Å². The van der Waals surface area contributed by atoms with Crippen LogP contribution in [0.15, 0.2) is 12.4 Å². The summed E-state index contributed by atoms with van der Waals surface area (Å²) in [5, 5.41) is 7.75. The van der Waals surface area contributed by atoms with Crippen LogP contribution in [0, 0.1) is 5.92 Å². The van der Waals surface area contributed by atoms with Crippen molar-refractivity contribution < 1.29 is 0 Å². The van der Waals surface area contributed by atoms with Gasteiger partial charge in [0.1, 0.15) is 0 Å². The molecule has 14 heavy (non-hydrogen) atoms. The Kier molecular flexibility index (Phi) is 2.35. The molecule has 1 N–H and O–H groups in total. The summed E-state index contributed by atoms with van der Waals surface area (Å²) in [7, 11) is 1.95. The van der Waals surface area contributed by atoms with E-state index < -0.39 is 0 Å². The second-order valence-electron chi connectivity index (χ2n) is 4.87. The predicted octanol–water partition coefficient (Wildman–Crippen LogP) is 1.70. The van der Waals surface area contributed by atoms with Crippen LogP contribution in [-0.2, 0) is 13.6 Å². The highest BCUT2D eigenvalue weighted by Crippen LogP contribution is 2.39. The first-order valence-electron chi connectivity index (χ1n) is 5.30. The molecule has 3 nitrogen and oxygen atoms in total. The third-order valence-electron chi connectivity index (χ3n) is 3.10. The molecule has 0 spiro atoms. The van der Waals surface area contributed by atoms with Gasteiger partial charge < -0.3 is 5.32 Å². The van der Waals surface area contributed by atoms with E-state index >= 15 is 0 Å². The number of aryl methyl sites for hydroxylation is 1. The quantitative estimate of drug-likeness (QED) is 0.788. The van der Waals surface area contributed by atoms with Gasteiger partial charge in [-0.25, -0.2) is 0 Å². The van der Waals surface area contributed by atoms with Gasteiger partial charge in [-0.2, -0.15) is 5.10 Å². The van der Waals surface area contributed by atoms with Crippen LogP contribution in [0.5, 0.6) is 0 Å². The Morgan fingerprint density at radius 3 is 2.79 bits per heavy atom. The molecule has 0 aromatic carbocycles. The normalized spacial score (nSPS) is 17.4. The molecule has 1 fully saturated rings. The fourth-order valence-electron chi connectivity index (χ4n) is 1.84. The SMILES string of the molecule is Cn1cc(CNC(C)(C)C2CC2)cn1. The zero-order valence-corrected chi connectivity index (χ0v) is 9.25. The van der Waals surface area contributed by atoms with Crippen LogP contribution in [0.3, 0.4) is 0 Å². The summed E-state index contributed by atoms with van der Waals surface area (Å²) in [4.78, 5) is 0. The third kappa shape index (κ3) is 2.15. The Labute approximate surface area is 85.5 Å². The Hall–Kier alpha value is -0.830. The van der Waals surface area contributed by atoms with E-state index in [-0.39, 0.29) is 5.54 Å². The summed E-state index contributed by atoms with van der Waals surface area (Å²) >= 11 is 0. The van der Waals surface area contributed by atoms with Crippen molar-refractivity contribution in [1.82, 2.24) is 15.1 Å². The largest absolute Gasteiger partial charge is 0.307 e. The van der Waals surface area contributed by atoms with Crippen LogP contribution in [0.25, 0.3) is 0 Å². The van der Waals surface area contributed by atoms with Crippen molar-refractivity contribution >= 4 is 0 Å². The third-order valence-corrected chi connectivity index (χ3v) is 3.10. The summed E-state index contributed by atoms with van der Waals surface area (Å²) in [6.07, 6.45) is 6.76. The van der Waals surface area contributed by atoms with Crippen molar-refractivity contribution in [2.24, 2.45) is 13.0 Å². The summed E-state index contributed by atoms with van der Waals surface area (Å²) in [6.45, 7) is 5.51. The maximum absolute atomic E-state index is 4.15. The summed E-state index contributed by atoms with van der Waals surface area (Å²) in [6, 6.07) is 0. The summed E-state index contributed by atoms with van der Waals surface area (Å²) in [5.41, 5.74) is 1.55. The van der Waals surface area contributed by atoms with Crippen molar-refractivity contribution in [3.63, 3.8) is 0 Å². The minimum absolute atomic E-state index is 0.288. The summed E-state index contributed by atoms with van der Waals surface area (Å²) < 4.78 is 1.85. The first-order valence-corrected chi connectivity index (χ1v) is 5.30. The molecule has 0 saturated heterocycles. The van der Waals surface area contributed by atoms with E-state index in [9.17, 15) is 0 Å². The molecule has 0 radical (unpaired) electrons. The van der Waals surface area contributed by atoms with E-state index in [0.717, 1.165) is 12.5 Å². The van der Waals surface area contributed by atoms with E-state index in [2.05, 4.69) is 30.5 Å². The summed E-state index contributed by atoms with van der Waals surface area (Å²) in [5.74, 6) is 0.874. The zero-order valence-electron chi connectivity index (χ0n) is 9.25. The van der Waals surface area contributed by atoms with Crippen LogP contribution in [0.4, 0.5) is 0 Å². The lowest BCUT2D eigenvalue weighted by Crippen LogP contribution is -2.40. The lowest BCUT2D eigenvalue weighted by Gasteiger charge is -2.25. The van der Waals surface area contributed by atoms with Crippen molar-refractivity contribution in [1.29, 1.82) is 0 Å². The second-order valence-corrected chi connectivity index (χ2v) is 4.87. The van der Waals surface area contributed by atoms with E-state index in [0.29, 0.717) is 0 Å². The van der Waals surface area contributed by atoms with Gasteiger partial charge in [0, 0.05) is 30.9 Å². The van der Waals surface area contributed by atoms with Gasteiger partial charge in [-0.1, -0.05) is 0 Å². The highest BCUT2D eigenvalue weighted by molar-refractivity contribution is 5.05. The highest BCUT2D eigenvalue weighted by atomic mass is 15.2. The molecule has 1 aliphatic rings. The molecule has 0 atom stereocenters. The topological polar surface area (TPSA) is 29.9 Å². The molecule has 78 valence electrons. The molecular formula is C11H19N3. The molecule has 1 aliphatic carbocycles. The Bertz CT molecular complexity index is 310. The minimum atomic E-state index is 0.288. The molecule has 0 amide bonds. The Morgan fingerprint density at radius 2 is 2.29 bits per heavy atom. The van der Waals surface area contributed by atoms with E-state index in [1.807, 2.05) is 17.9 Å². The minimum Gasteiger partial charge on any atom is -0.307 e. The van der Waals surface area contributed by atoms with Gasteiger partial charge in [0.2, 0.25) is 0 Å². The van der Waals surface area contributed by atoms with Gasteiger partial charge in [-0.15, -0.1) is 0 Å². The lowest BCUT2D eigenvalue weighted by molar-refractivity contribution is 0.339. The second kappa shape index (κ2) is 3.39. The molecule has 1 heterocycles. The van der Waals surface area contributed by atoms with Crippen LogP contribution in [0.2, 0.25) is 0 Å². The number of rotatable bonds is 4. The fraction of sp³-hybridized carbons (Fsp3) is 0.727.